The van der Waals surface area contributed by atoms with Gasteiger partial charge in [0.05, 0.1) is 5.69 Å². The van der Waals surface area contributed by atoms with Crippen LogP contribution < -0.4 is 5.73 Å². The number of hydrogen-bond acceptors (Lipinski definition) is 3. The second-order valence-electron chi connectivity index (χ2n) is 3.69. The lowest BCUT2D eigenvalue weighted by Gasteiger charge is -2.05. The van der Waals surface area contributed by atoms with Crippen LogP contribution in [0.5, 0.6) is 0 Å². The Kier molecular flexibility index (Phi) is 2.68. The first kappa shape index (κ1) is 10.1. The Balaban J connectivity index is 2.44. The molecular weight excluding hydrogens is 195 g/mol. The molecule has 0 aliphatic heterocycles. The Hall–Kier alpha value is -1.42. The number of nitrogens with zero attached hydrogens (tertiary/aromatic N) is 1. The zero-order valence-electron chi connectivity index (χ0n) is 8.53. The summed E-state index contributed by atoms with van der Waals surface area (Å²) in [6.07, 6.45) is 0.846. The van der Waals surface area contributed by atoms with E-state index in [0.717, 1.165) is 17.5 Å². The van der Waals surface area contributed by atoms with Crippen molar-refractivity contribution in [3.63, 3.8) is 0 Å². The molecule has 0 saturated carbocycles. The molecule has 1 aromatic heterocycles. The summed E-state index contributed by atoms with van der Waals surface area (Å²) in [6.45, 7) is 2.64. The molecule has 2 aromatic rings. The Morgan fingerprint density at radius 2 is 2.33 bits per heavy atom. The van der Waals surface area contributed by atoms with Crippen LogP contribution in [0.2, 0.25) is 0 Å². The van der Waals surface area contributed by atoms with Crippen molar-refractivity contribution in [1.82, 2.24) is 5.16 Å². The molecule has 80 valence electrons. The zero-order chi connectivity index (χ0) is 10.8. The number of benzene rings is 1. The van der Waals surface area contributed by atoms with Crippen LogP contribution in [0.15, 0.2) is 22.7 Å². The smallest absolute Gasteiger partial charge is 0.170 e. The summed E-state index contributed by atoms with van der Waals surface area (Å²) in [5.74, 6) is -0.0709. The number of halogens is 1. The quantitative estimate of drug-likeness (QED) is 0.842. The summed E-state index contributed by atoms with van der Waals surface area (Å²) < 4.78 is 18.0. The van der Waals surface area contributed by atoms with E-state index < -0.39 is 0 Å². The Morgan fingerprint density at radius 3 is 3.07 bits per heavy atom. The summed E-state index contributed by atoms with van der Waals surface area (Å²) in [6, 6.07) is 4.46. The van der Waals surface area contributed by atoms with Gasteiger partial charge in [-0.05, 0) is 25.1 Å². The molecule has 0 aliphatic carbocycles. The van der Waals surface area contributed by atoms with Gasteiger partial charge >= 0.3 is 0 Å². The molecule has 15 heavy (non-hydrogen) atoms. The summed E-state index contributed by atoms with van der Waals surface area (Å²) in [7, 11) is 0. The van der Waals surface area contributed by atoms with E-state index in [0.29, 0.717) is 12.1 Å². The van der Waals surface area contributed by atoms with Crippen molar-refractivity contribution in [3.8, 4) is 0 Å². The van der Waals surface area contributed by atoms with Crippen LogP contribution in [-0.2, 0) is 0 Å². The molecule has 0 bridgehead atoms. The van der Waals surface area contributed by atoms with Crippen LogP contribution in [-0.4, -0.2) is 11.7 Å². The first-order chi connectivity index (χ1) is 7.22. The van der Waals surface area contributed by atoms with Crippen LogP contribution in [0.4, 0.5) is 4.39 Å². The van der Waals surface area contributed by atoms with E-state index in [9.17, 15) is 4.39 Å². The first-order valence-electron chi connectivity index (χ1n) is 4.97. The van der Waals surface area contributed by atoms with Crippen molar-refractivity contribution in [1.29, 1.82) is 0 Å². The monoisotopic (exact) mass is 208 g/mol. The van der Waals surface area contributed by atoms with Crippen LogP contribution in [0.3, 0.4) is 0 Å². The van der Waals surface area contributed by atoms with Gasteiger partial charge in [0.1, 0.15) is 5.82 Å². The van der Waals surface area contributed by atoms with Gasteiger partial charge in [0.25, 0.3) is 0 Å². The maximum atomic E-state index is 12.9. The second kappa shape index (κ2) is 3.98. The summed E-state index contributed by atoms with van der Waals surface area (Å²) in [5.41, 5.74) is 6.84. The maximum absolute atomic E-state index is 12.9. The van der Waals surface area contributed by atoms with E-state index in [-0.39, 0.29) is 11.7 Å². The van der Waals surface area contributed by atoms with Gasteiger partial charge in [-0.3, -0.25) is 0 Å². The molecule has 0 spiro atoms. The molecule has 0 saturated heterocycles. The fourth-order valence-corrected chi connectivity index (χ4v) is 1.67. The van der Waals surface area contributed by atoms with Crippen LogP contribution in [0.1, 0.15) is 25.0 Å². The fraction of sp³-hybridized carbons (Fsp3) is 0.364. The van der Waals surface area contributed by atoms with E-state index >= 15 is 0 Å². The third kappa shape index (κ3) is 1.85. The van der Waals surface area contributed by atoms with Crippen molar-refractivity contribution < 1.29 is 8.91 Å². The topological polar surface area (TPSA) is 52.0 Å². The molecule has 3 nitrogen and oxygen atoms in total. The van der Waals surface area contributed by atoms with Crippen molar-refractivity contribution in [2.75, 3.05) is 6.54 Å². The molecule has 1 atom stereocenters. The Morgan fingerprint density at radius 1 is 1.53 bits per heavy atom. The normalized spacial score (nSPS) is 13.3. The van der Waals surface area contributed by atoms with E-state index in [1.165, 1.54) is 12.1 Å². The molecule has 1 heterocycles. The predicted molar refractivity (Wildman–Crippen MR) is 56.1 cm³/mol. The molecule has 1 aromatic carbocycles. The minimum atomic E-state index is -0.309. The number of aromatic nitrogens is 1. The van der Waals surface area contributed by atoms with Crippen LogP contribution in [0.25, 0.3) is 11.0 Å². The summed E-state index contributed by atoms with van der Waals surface area (Å²) in [5, 5.41) is 4.83. The van der Waals surface area contributed by atoms with E-state index in [4.69, 9.17) is 10.3 Å². The number of hydrogen-bond donors (Lipinski definition) is 1. The molecule has 4 heteroatoms. The number of nitrogens with two attached hydrogens (primary N) is 1. The van der Waals surface area contributed by atoms with Crippen molar-refractivity contribution in [3.05, 3.63) is 29.7 Å². The molecule has 0 radical (unpaired) electrons. The number of rotatable bonds is 3. The second-order valence-corrected chi connectivity index (χ2v) is 3.69. The van der Waals surface area contributed by atoms with Gasteiger partial charge in [-0.25, -0.2) is 4.39 Å². The lowest BCUT2D eigenvalue weighted by molar-refractivity contribution is 0.435. The molecule has 1 unspecified atom stereocenters. The van der Waals surface area contributed by atoms with Crippen molar-refractivity contribution in [2.45, 2.75) is 19.3 Å². The highest BCUT2D eigenvalue weighted by Gasteiger charge is 2.14. The van der Waals surface area contributed by atoms with Crippen molar-refractivity contribution >= 4 is 11.0 Å². The zero-order valence-corrected chi connectivity index (χ0v) is 8.53. The van der Waals surface area contributed by atoms with Gasteiger partial charge < -0.3 is 10.3 Å². The molecule has 0 fully saturated rings. The van der Waals surface area contributed by atoms with Gasteiger partial charge in [0.2, 0.25) is 0 Å². The highest BCUT2D eigenvalue weighted by molar-refractivity contribution is 5.79. The highest BCUT2D eigenvalue weighted by Crippen LogP contribution is 2.26. The van der Waals surface area contributed by atoms with E-state index in [1.54, 1.807) is 6.07 Å². The third-order valence-electron chi connectivity index (χ3n) is 2.53. The van der Waals surface area contributed by atoms with E-state index in [2.05, 4.69) is 5.16 Å². The van der Waals surface area contributed by atoms with E-state index in [1.807, 2.05) is 6.92 Å². The maximum Gasteiger partial charge on any atom is 0.170 e. The average molecular weight is 208 g/mol. The number of fused-ring (bicyclic) bond motifs is 1. The fourth-order valence-electron chi connectivity index (χ4n) is 1.67. The molecule has 2 N–H and O–H groups in total. The highest BCUT2D eigenvalue weighted by atomic mass is 19.1. The Bertz CT molecular complexity index is 467. The summed E-state index contributed by atoms with van der Waals surface area (Å²) in [4.78, 5) is 0. The lowest BCUT2D eigenvalue weighted by Crippen LogP contribution is -2.04. The molecular formula is C11H13FN2O. The predicted octanol–water partition coefficient (Wildman–Crippen LogP) is 2.42. The molecule has 0 aliphatic rings. The minimum absolute atomic E-state index is 0.238. The third-order valence-corrected chi connectivity index (χ3v) is 2.53. The van der Waals surface area contributed by atoms with Crippen LogP contribution in [0, 0.1) is 5.82 Å². The van der Waals surface area contributed by atoms with Crippen molar-refractivity contribution in [2.24, 2.45) is 5.73 Å². The average Bonchev–Trinajstić information content (AvgIpc) is 2.60. The minimum Gasteiger partial charge on any atom is -0.356 e. The largest absolute Gasteiger partial charge is 0.356 e. The van der Waals surface area contributed by atoms with Gasteiger partial charge in [-0.1, -0.05) is 12.1 Å². The lowest BCUT2D eigenvalue weighted by atomic mass is 10.0. The summed E-state index contributed by atoms with van der Waals surface area (Å²) >= 11 is 0. The SMILES string of the molecule is CC(CCN)c1noc2cc(F)ccc12. The molecule has 0 amide bonds. The van der Waals surface area contributed by atoms with Gasteiger partial charge in [-0.15, -0.1) is 0 Å². The van der Waals surface area contributed by atoms with Gasteiger partial charge in [-0.2, -0.15) is 0 Å². The molecule has 2 rings (SSSR count). The first-order valence-corrected chi connectivity index (χ1v) is 4.97. The van der Waals surface area contributed by atoms with Crippen LogP contribution >= 0.6 is 0 Å². The van der Waals surface area contributed by atoms with Gasteiger partial charge in [0.15, 0.2) is 5.58 Å². The van der Waals surface area contributed by atoms with Gasteiger partial charge in [0, 0.05) is 17.4 Å². The standard InChI is InChI=1S/C11H13FN2O/c1-7(4-5-13)11-9-3-2-8(12)6-10(9)15-14-11/h2-3,6-7H,4-5,13H2,1H3. The Labute approximate surface area is 87.0 Å².